The van der Waals surface area contributed by atoms with E-state index in [4.69, 9.17) is 5.73 Å². The minimum absolute atomic E-state index is 0.0856. The number of nitrogens with zero attached hydrogens (tertiary/aromatic N) is 4. The molecule has 1 aromatic heterocycles. The predicted molar refractivity (Wildman–Crippen MR) is 164 cm³/mol. The summed E-state index contributed by atoms with van der Waals surface area (Å²) < 4.78 is 38.5. The molecule has 0 bridgehead atoms. The number of allylic oxidation sites excluding steroid dienone is 1. The molecule has 0 saturated carbocycles. The Labute approximate surface area is 251 Å². The normalized spacial score (nSPS) is 15.8. The maximum atomic E-state index is 12.8. The number of hydrogen-bond donors (Lipinski definition) is 3. The largest absolute Gasteiger partial charge is 0.406 e. The fraction of sp³-hybridized carbons (Fsp3) is 0.484. The molecule has 0 unspecified atom stereocenters. The van der Waals surface area contributed by atoms with E-state index in [1.54, 1.807) is 6.07 Å². The lowest BCUT2D eigenvalue weighted by molar-refractivity contribution is -0.140. The second-order valence-corrected chi connectivity index (χ2v) is 10.4. The van der Waals surface area contributed by atoms with E-state index in [1.165, 1.54) is 30.8 Å². The molecule has 1 saturated heterocycles. The summed E-state index contributed by atoms with van der Waals surface area (Å²) in [6.45, 7) is 14.0. The van der Waals surface area contributed by atoms with Crippen molar-refractivity contribution in [3.8, 4) is 6.07 Å². The molecule has 1 fully saturated rings. The van der Waals surface area contributed by atoms with Gasteiger partial charge in [-0.2, -0.15) is 18.4 Å². The summed E-state index contributed by atoms with van der Waals surface area (Å²) in [6, 6.07) is 8.26. The summed E-state index contributed by atoms with van der Waals surface area (Å²) in [7, 11) is 0. The van der Waals surface area contributed by atoms with E-state index in [2.05, 4.69) is 46.7 Å². The smallest absolute Gasteiger partial charge is 0.383 e. The van der Waals surface area contributed by atoms with Crippen molar-refractivity contribution in [3.63, 3.8) is 0 Å². The summed E-state index contributed by atoms with van der Waals surface area (Å²) in [5, 5.41) is 12.9. The van der Waals surface area contributed by atoms with Crippen LogP contribution in [0, 0.1) is 11.3 Å². The first-order chi connectivity index (χ1) is 20.3. The van der Waals surface area contributed by atoms with Crippen LogP contribution in [0.2, 0.25) is 0 Å². The number of nitrogens with one attached hydrogen (secondary N) is 2. The van der Waals surface area contributed by atoms with Gasteiger partial charge < -0.3 is 25.8 Å². The molecule has 4 N–H and O–H groups in total. The lowest BCUT2D eigenvalue weighted by Gasteiger charge is -2.43. The Morgan fingerprint density at radius 2 is 1.84 bits per heavy atom. The number of carbonyl (C=O) groups is 1. The molecule has 9 nitrogen and oxygen atoms in total. The monoisotopic (exact) mass is 601 g/mol. The fourth-order valence-electron chi connectivity index (χ4n) is 4.91. The maximum Gasteiger partial charge on any atom is 0.406 e. The molecule has 3 heterocycles. The van der Waals surface area contributed by atoms with Gasteiger partial charge in [-0.3, -0.25) is 9.59 Å². The number of rotatable bonds is 7. The number of fused-ring (bicyclic) bond motifs is 1. The number of aromatic amines is 1. The number of hydrogen-bond acceptors (Lipinski definition) is 6. The van der Waals surface area contributed by atoms with E-state index in [9.17, 15) is 28.0 Å². The van der Waals surface area contributed by atoms with Gasteiger partial charge in [0.25, 0.3) is 11.5 Å². The highest BCUT2D eigenvalue weighted by Gasteiger charge is 2.38. The van der Waals surface area contributed by atoms with E-state index >= 15 is 0 Å². The lowest BCUT2D eigenvalue weighted by Crippen LogP contribution is -2.49. The van der Waals surface area contributed by atoms with E-state index in [0.29, 0.717) is 42.9 Å². The lowest BCUT2D eigenvalue weighted by atomic mass is 9.84. The molecule has 0 radical (unpaired) electrons. The van der Waals surface area contributed by atoms with Gasteiger partial charge in [0.15, 0.2) is 0 Å². The summed E-state index contributed by atoms with van der Waals surface area (Å²) in [5.41, 5.74) is 7.51. The number of halogens is 3. The molecule has 0 atom stereocenters. The quantitative estimate of drug-likeness (QED) is 0.261. The van der Waals surface area contributed by atoms with Crippen LogP contribution in [0.15, 0.2) is 52.5 Å². The second kappa shape index (κ2) is 15.3. The Hall–Kier alpha value is -4.27. The number of piperidine rings is 1. The van der Waals surface area contributed by atoms with E-state index in [-0.39, 0.29) is 29.9 Å². The average molecular weight is 602 g/mol. The van der Waals surface area contributed by atoms with Gasteiger partial charge in [-0.05, 0) is 49.6 Å². The van der Waals surface area contributed by atoms with Gasteiger partial charge in [0.1, 0.15) is 17.9 Å². The highest BCUT2D eigenvalue weighted by molar-refractivity contribution is 6.04. The standard InChI is InChI=1S/C26H28F3N7O2.C3H8.C2H6/c1-16(2)35-11-7-25(6-9-30,8-12-35)34-20-5-10-32-23(37)21(20)22(31)33-18-3-4-19-17(13-18)14-36(24(19)38)15-26(27,28)29;1-3-2;1-2/h3-5,10,13H,1,6-8,11-12,14-15H2,2H3,(H2,31,33)(H2,32,34,37);3H2,1-2H3;1-2H3. The Morgan fingerprint density at radius 3 is 2.40 bits per heavy atom. The number of H-pyrrole nitrogens is 1. The van der Waals surface area contributed by atoms with Crippen molar-refractivity contribution < 1.29 is 18.0 Å². The molecule has 1 amide bonds. The van der Waals surface area contributed by atoms with Gasteiger partial charge in [-0.25, -0.2) is 4.99 Å². The third-order valence-corrected chi connectivity index (χ3v) is 6.88. The van der Waals surface area contributed by atoms with Crippen LogP contribution >= 0.6 is 0 Å². The number of anilines is 1. The SMILES string of the molecule is C=C(C)N1CCC(CC#N)(Nc2cc[nH]c(=O)c2C(N)=Nc2ccc3c(c2)CN(CC(F)(F)F)C3=O)CC1.CC.CCC. The first-order valence-electron chi connectivity index (χ1n) is 14.4. The van der Waals surface area contributed by atoms with Crippen molar-refractivity contribution in [2.75, 3.05) is 25.0 Å². The summed E-state index contributed by atoms with van der Waals surface area (Å²) in [5.74, 6) is -0.815. The van der Waals surface area contributed by atoms with Crippen molar-refractivity contribution >= 4 is 23.1 Å². The highest BCUT2D eigenvalue weighted by atomic mass is 19.4. The third kappa shape index (κ3) is 9.11. The highest BCUT2D eigenvalue weighted by Crippen LogP contribution is 2.33. The first kappa shape index (κ1) is 34.9. The molecule has 2 aromatic rings. The van der Waals surface area contributed by atoms with Gasteiger partial charge >= 0.3 is 6.18 Å². The van der Waals surface area contributed by atoms with Crippen LogP contribution in [0.4, 0.5) is 24.5 Å². The molecule has 43 heavy (non-hydrogen) atoms. The van der Waals surface area contributed by atoms with Gasteiger partial charge in [0.05, 0.1) is 29.4 Å². The van der Waals surface area contributed by atoms with Crippen LogP contribution in [-0.4, -0.2) is 57.9 Å². The molecule has 12 heteroatoms. The Bertz CT molecular complexity index is 1400. The zero-order chi connectivity index (χ0) is 32.4. The minimum atomic E-state index is -4.51. The third-order valence-electron chi connectivity index (χ3n) is 6.88. The van der Waals surface area contributed by atoms with E-state index in [0.717, 1.165) is 10.6 Å². The molecular weight excluding hydrogens is 559 g/mol. The van der Waals surface area contributed by atoms with Crippen LogP contribution in [-0.2, 0) is 6.54 Å². The zero-order valence-corrected chi connectivity index (χ0v) is 25.6. The summed E-state index contributed by atoms with van der Waals surface area (Å²) in [4.78, 5) is 34.9. The van der Waals surface area contributed by atoms with Crippen molar-refractivity contribution in [3.05, 3.63) is 69.8 Å². The van der Waals surface area contributed by atoms with Crippen molar-refractivity contribution in [1.29, 1.82) is 5.26 Å². The van der Waals surface area contributed by atoms with Crippen molar-refractivity contribution in [2.24, 2.45) is 10.7 Å². The molecule has 234 valence electrons. The van der Waals surface area contributed by atoms with Crippen LogP contribution in [0.1, 0.15) is 81.8 Å². The number of pyridine rings is 1. The summed E-state index contributed by atoms with van der Waals surface area (Å²) in [6.07, 6.45) is -0.284. The van der Waals surface area contributed by atoms with Gasteiger partial charge in [0.2, 0.25) is 0 Å². The van der Waals surface area contributed by atoms with Crippen LogP contribution in [0.3, 0.4) is 0 Å². The van der Waals surface area contributed by atoms with Crippen molar-refractivity contribution in [1.82, 2.24) is 14.8 Å². The number of nitriles is 1. The zero-order valence-electron chi connectivity index (χ0n) is 25.6. The Morgan fingerprint density at radius 1 is 1.21 bits per heavy atom. The minimum Gasteiger partial charge on any atom is -0.383 e. The Kier molecular flexibility index (Phi) is 12.4. The maximum absolute atomic E-state index is 12.8. The number of aliphatic imine (C=N–C) groups is 1. The van der Waals surface area contributed by atoms with E-state index in [1.807, 2.05) is 20.8 Å². The molecule has 2 aliphatic rings. The molecule has 1 aromatic carbocycles. The molecule has 4 rings (SSSR count). The van der Waals surface area contributed by atoms with Gasteiger partial charge in [0, 0.05) is 37.1 Å². The molecule has 0 spiro atoms. The number of benzene rings is 1. The topological polar surface area (TPSA) is 131 Å². The second-order valence-electron chi connectivity index (χ2n) is 10.4. The van der Waals surface area contributed by atoms with Crippen molar-refractivity contribution in [2.45, 2.75) is 78.6 Å². The van der Waals surface area contributed by atoms with E-state index < -0.39 is 29.7 Å². The number of alkyl halides is 3. The molecule has 2 aliphatic heterocycles. The van der Waals surface area contributed by atoms with Gasteiger partial charge in [-0.1, -0.05) is 40.7 Å². The number of likely N-dealkylation sites (tertiary alicyclic amines) is 1. The first-order valence-corrected chi connectivity index (χ1v) is 14.4. The van der Waals surface area contributed by atoms with Crippen LogP contribution in [0.25, 0.3) is 0 Å². The number of amidine groups is 1. The number of aromatic nitrogens is 1. The average Bonchev–Trinajstić information content (AvgIpc) is 3.23. The summed E-state index contributed by atoms with van der Waals surface area (Å²) >= 11 is 0. The van der Waals surface area contributed by atoms with Gasteiger partial charge in [-0.15, -0.1) is 0 Å². The van der Waals surface area contributed by atoms with Crippen LogP contribution in [0.5, 0.6) is 0 Å². The predicted octanol–water partition coefficient (Wildman–Crippen LogP) is 6.07. The molecular formula is C31H42F3N7O2. The number of amides is 1. The van der Waals surface area contributed by atoms with Crippen LogP contribution < -0.4 is 16.6 Å². The number of carbonyl (C=O) groups excluding carboxylic acids is 1. The molecule has 0 aliphatic carbocycles. The number of nitrogens with two attached hydrogens (primary N) is 1. The Balaban J connectivity index is 0.00000121. The fourth-order valence-corrected chi connectivity index (χ4v) is 4.91.